The quantitative estimate of drug-likeness (QED) is 0.727. The first-order valence-electron chi connectivity index (χ1n) is 6.61. The number of carbonyl (C=O) groups is 2. The summed E-state index contributed by atoms with van der Waals surface area (Å²) in [6.07, 6.45) is -2.33. The Morgan fingerprint density at radius 2 is 1.80 bits per heavy atom. The standard InChI is InChI=1S/C12H19F3N2O3/c13-12(14,15)5-6-16-11(20)17-7-8-3-1-2-4-9(8)10(18)19/h8-9H,1-7H2,(H,18,19)(H2,16,17,20). The molecule has 0 saturated heterocycles. The van der Waals surface area contributed by atoms with Crippen LogP contribution in [0.4, 0.5) is 18.0 Å². The van der Waals surface area contributed by atoms with Crippen molar-refractivity contribution in [1.29, 1.82) is 0 Å². The molecule has 0 radical (unpaired) electrons. The maximum absolute atomic E-state index is 11.9. The Bertz CT molecular complexity index is 347. The molecule has 1 rings (SSSR count). The van der Waals surface area contributed by atoms with E-state index < -0.39 is 37.1 Å². The first kappa shape index (κ1) is 16.6. The van der Waals surface area contributed by atoms with Gasteiger partial charge in [0.15, 0.2) is 0 Å². The second kappa shape index (κ2) is 7.35. The number of halogens is 3. The SMILES string of the molecule is O=C(NCCC(F)(F)F)NCC1CCCCC1C(=O)O. The molecule has 0 aromatic heterocycles. The molecule has 3 N–H and O–H groups in total. The number of carboxylic acid groups (broad SMARTS) is 1. The summed E-state index contributed by atoms with van der Waals surface area (Å²) >= 11 is 0. The van der Waals surface area contributed by atoms with E-state index in [0.29, 0.717) is 12.8 Å². The predicted molar refractivity (Wildman–Crippen MR) is 65.2 cm³/mol. The van der Waals surface area contributed by atoms with Gasteiger partial charge in [0.25, 0.3) is 0 Å². The molecule has 8 heteroatoms. The van der Waals surface area contributed by atoms with Gasteiger partial charge in [0.05, 0.1) is 12.3 Å². The molecule has 1 aliphatic carbocycles. The first-order chi connectivity index (χ1) is 9.29. The zero-order chi connectivity index (χ0) is 15.2. The van der Waals surface area contributed by atoms with E-state index in [4.69, 9.17) is 5.11 Å². The number of alkyl halides is 3. The molecule has 2 amide bonds. The monoisotopic (exact) mass is 296 g/mol. The molecule has 0 heterocycles. The highest BCUT2D eigenvalue weighted by Crippen LogP contribution is 2.29. The van der Waals surface area contributed by atoms with Crippen LogP contribution < -0.4 is 10.6 Å². The Hall–Kier alpha value is -1.47. The van der Waals surface area contributed by atoms with Gasteiger partial charge in [-0.15, -0.1) is 0 Å². The summed E-state index contributed by atoms with van der Waals surface area (Å²) in [4.78, 5) is 22.3. The van der Waals surface area contributed by atoms with Gasteiger partial charge in [-0.3, -0.25) is 4.79 Å². The van der Waals surface area contributed by atoms with Gasteiger partial charge in [0.2, 0.25) is 0 Å². The molecule has 0 bridgehead atoms. The summed E-state index contributed by atoms with van der Waals surface area (Å²) in [6.45, 7) is -0.308. The van der Waals surface area contributed by atoms with Gasteiger partial charge in [-0.05, 0) is 18.8 Å². The van der Waals surface area contributed by atoms with Crippen LogP contribution in [0.3, 0.4) is 0 Å². The fourth-order valence-corrected chi connectivity index (χ4v) is 2.38. The molecular weight excluding hydrogens is 277 g/mol. The fraction of sp³-hybridized carbons (Fsp3) is 0.833. The van der Waals surface area contributed by atoms with E-state index in [1.165, 1.54) is 0 Å². The van der Waals surface area contributed by atoms with Gasteiger partial charge in [-0.1, -0.05) is 12.8 Å². The number of urea groups is 1. The van der Waals surface area contributed by atoms with Crippen LogP contribution in [0.2, 0.25) is 0 Å². The van der Waals surface area contributed by atoms with E-state index in [2.05, 4.69) is 10.6 Å². The first-order valence-corrected chi connectivity index (χ1v) is 6.61. The van der Waals surface area contributed by atoms with Gasteiger partial charge in [0, 0.05) is 13.1 Å². The maximum atomic E-state index is 11.9. The summed E-state index contributed by atoms with van der Waals surface area (Å²) < 4.78 is 35.7. The number of aliphatic carboxylic acids is 1. The lowest BCUT2D eigenvalue weighted by Gasteiger charge is -2.28. The van der Waals surface area contributed by atoms with Crippen molar-refractivity contribution in [2.75, 3.05) is 13.1 Å². The summed E-state index contributed by atoms with van der Waals surface area (Å²) in [5.74, 6) is -1.53. The Balaban J connectivity index is 2.27. The van der Waals surface area contributed by atoms with Crippen LogP contribution in [0.1, 0.15) is 32.1 Å². The van der Waals surface area contributed by atoms with Crippen LogP contribution in [-0.4, -0.2) is 36.4 Å². The number of carboxylic acids is 1. The van der Waals surface area contributed by atoms with Crippen molar-refractivity contribution in [2.24, 2.45) is 11.8 Å². The molecule has 0 aromatic carbocycles. The number of amides is 2. The van der Waals surface area contributed by atoms with E-state index >= 15 is 0 Å². The van der Waals surface area contributed by atoms with Crippen molar-refractivity contribution in [3.8, 4) is 0 Å². The second-order valence-corrected chi connectivity index (χ2v) is 4.99. The lowest BCUT2D eigenvalue weighted by atomic mass is 9.79. The van der Waals surface area contributed by atoms with Crippen LogP contribution >= 0.6 is 0 Å². The predicted octanol–water partition coefficient (Wildman–Crippen LogP) is 2.13. The van der Waals surface area contributed by atoms with Gasteiger partial charge < -0.3 is 15.7 Å². The molecule has 2 atom stereocenters. The molecule has 1 aliphatic rings. The number of nitrogens with one attached hydrogen (secondary N) is 2. The zero-order valence-electron chi connectivity index (χ0n) is 11.0. The molecule has 116 valence electrons. The molecule has 20 heavy (non-hydrogen) atoms. The minimum absolute atomic E-state index is 0.158. The van der Waals surface area contributed by atoms with Gasteiger partial charge in [-0.2, -0.15) is 13.2 Å². The highest BCUT2D eigenvalue weighted by Gasteiger charge is 2.31. The summed E-state index contributed by atoms with van der Waals surface area (Å²) in [5, 5.41) is 13.6. The lowest BCUT2D eigenvalue weighted by Crippen LogP contribution is -2.42. The van der Waals surface area contributed by atoms with Crippen molar-refractivity contribution in [2.45, 2.75) is 38.3 Å². The van der Waals surface area contributed by atoms with E-state index in [-0.39, 0.29) is 12.5 Å². The topological polar surface area (TPSA) is 78.4 Å². The molecule has 0 spiro atoms. The molecule has 5 nitrogen and oxygen atoms in total. The van der Waals surface area contributed by atoms with E-state index in [0.717, 1.165) is 12.8 Å². The Labute approximate surface area is 114 Å². The van der Waals surface area contributed by atoms with Gasteiger partial charge in [0.1, 0.15) is 0 Å². The molecule has 0 aromatic rings. The Morgan fingerprint density at radius 3 is 2.40 bits per heavy atom. The number of carbonyl (C=O) groups excluding carboxylic acids is 1. The molecule has 0 aliphatic heterocycles. The summed E-state index contributed by atoms with van der Waals surface area (Å²) in [7, 11) is 0. The van der Waals surface area contributed by atoms with Gasteiger partial charge in [-0.25, -0.2) is 4.79 Å². The highest BCUT2D eigenvalue weighted by molar-refractivity contribution is 5.74. The molecular formula is C12H19F3N2O3. The third-order valence-electron chi connectivity index (χ3n) is 3.45. The zero-order valence-corrected chi connectivity index (χ0v) is 11.0. The van der Waals surface area contributed by atoms with Crippen molar-refractivity contribution >= 4 is 12.0 Å². The molecule has 1 fully saturated rings. The molecule has 2 unspecified atom stereocenters. The normalized spacial score (nSPS) is 23.1. The second-order valence-electron chi connectivity index (χ2n) is 4.99. The number of rotatable bonds is 5. The third-order valence-corrected chi connectivity index (χ3v) is 3.45. The van der Waals surface area contributed by atoms with Crippen LogP contribution in [0, 0.1) is 11.8 Å². The van der Waals surface area contributed by atoms with Crippen molar-refractivity contribution in [3.63, 3.8) is 0 Å². The number of hydrogen-bond donors (Lipinski definition) is 3. The highest BCUT2D eigenvalue weighted by atomic mass is 19.4. The summed E-state index contributed by atoms with van der Waals surface area (Å²) in [6, 6.07) is -0.691. The van der Waals surface area contributed by atoms with Crippen LogP contribution in [0.25, 0.3) is 0 Å². The fourth-order valence-electron chi connectivity index (χ4n) is 2.38. The number of hydrogen-bond acceptors (Lipinski definition) is 2. The van der Waals surface area contributed by atoms with E-state index in [1.807, 2.05) is 0 Å². The summed E-state index contributed by atoms with van der Waals surface area (Å²) in [5.41, 5.74) is 0. The van der Waals surface area contributed by atoms with E-state index in [1.54, 1.807) is 0 Å². The van der Waals surface area contributed by atoms with Crippen LogP contribution in [0.15, 0.2) is 0 Å². The average molecular weight is 296 g/mol. The molecule has 1 saturated carbocycles. The lowest BCUT2D eigenvalue weighted by molar-refractivity contribution is -0.144. The Kier molecular flexibility index (Phi) is 6.09. The largest absolute Gasteiger partial charge is 0.481 e. The minimum atomic E-state index is -4.30. The van der Waals surface area contributed by atoms with Crippen LogP contribution in [-0.2, 0) is 4.79 Å². The van der Waals surface area contributed by atoms with Crippen molar-refractivity contribution < 1.29 is 27.9 Å². The average Bonchev–Trinajstić information content (AvgIpc) is 2.35. The maximum Gasteiger partial charge on any atom is 0.390 e. The van der Waals surface area contributed by atoms with Crippen molar-refractivity contribution in [3.05, 3.63) is 0 Å². The minimum Gasteiger partial charge on any atom is -0.481 e. The smallest absolute Gasteiger partial charge is 0.390 e. The van der Waals surface area contributed by atoms with Crippen LogP contribution in [0.5, 0.6) is 0 Å². The van der Waals surface area contributed by atoms with Gasteiger partial charge >= 0.3 is 18.2 Å². The Morgan fingerprint density at radius 1 is 1.15 bits per heavy atom. The van der Waals surface area contributed by atoms with E-state index in [9.17, 15) is 22.8 Å². The van der Waals surface area contributed by atoms with Crippen molar-refractivity contribution in [1.82, 2.24) is 10.6 Å². The third kappa shape index (κ3) is 6.12.